The van der Waals surface area contributed by atoms with Crippen molar-refractivity contribution in [3.05, 3.63) is 0 Å². The van der Waals surface area contributed by atoms with E-state index in [0.717, 1.165) is 6.42 Å². The van der Waals surface area contributed by atoms with Gasteiger partial charge in [0.2, 0.25) is 11.8 Å². The number of hydrogen-bond acceptors (Lipinski definition) is 3. The second kappa shape index (κ2) is 4.52. The summed E-state index contributed by atoms with van der Waals surface area (Å²) in [4.78, 5) is 24.6. The van der Waals surface area contributed by atoms with E-state index in [1.165, 1.54) is 0 Å². The molecule has 5 heteroatoms. The molecule has 0 aromatic heterocycles. The van der Waals surface area contributed by atoms with Gasteiger partial charge in [0.05, 0.1) is 17.4 Å². The smallest absolute Gasteiger partial charge is 0.223 e. The van der Waals surface area contributed by atoms with Crippen LogP contribution in [0.2, 0.25) is 0 Å². The number of nitrogens with zero attached hydrogens (tertiary/aromatic N) is 2. The Morgan fingerprint density at radius 2 is 2.19 bits per heavy atom. The molecule has 0 radical (unpaired) electrons. The van der Waals surface area contributed by atoms with Gasteiger partial charge in [0.15, 0.2) is 0 Å². The molecule has 0 unspecified atom stereocenters. The van der Waals surface area contributed by atoms with Crippen molar-refractivity contribution in [1.29, 1.82) is 5.26 Å². The average molecular weight is 223 g/mol. The normalized spacial score (nSPS) is 20.6. The second-order valence-electron chi connectivity index (χ2n) is 4.88. The molecule has 0 aromatic carbocycles. The Morgan fingerprint density at radius 1 is 1.56 bits per heavy atom. The van der Waals surface area contributed by atoms with E-state index in [-0.39, 0.29) is 18.2 Å². The molecule has 5 nitrogen and oxygen atoms in total. The zero-order valence-electron chi connectivity index (χ0n) is 9.69. The zero-order valence-corrected chi connectivity index (χ0v) is 9.69. The van der Waals surface area contributed by atoms with Gasteiger partial charge in [-0.15, -0.1) is 0 Å². The lowest BCUT2D eigenvalue weighted by molar-refractivity contribution is -0.137. The van der Waals surface area contributed by atoms with E-state index in [4.69, 9.17) is 11.0 Å². The fourth-order valence-electron chi connectivity index (χ4n) is 1.67. The lowest BCUT2D eigenvalue weighted by Crippen LogP contribution is -2.38. The third kappa shape index (κ3) is 2.72. The number of rotatable bonds is 3. The van der Waals surface area contributed by atoms with Crippen LogP contribution in [0.1, 0.15) is 26.7 Å². The molecule has 88 valence electrons. The van der Waals surface area contributed by atoms with Crippen LogP contribution in [0.4, 0.5) is 0 Å². The van der Waals surface area contributed by atoms with Crippen molar-refractivity contribution in [2.24, 2.45) is 17.1 Å². The van der Waals surface area contributed by atoms with Crippen LogP contribution >= 0.6 is 0 Å². The van der Waals surface area contributed by atoms with E-state index in [1.54, 1.807) is 18.7 Å². The lowest BCUT2D eigenvalue weighted by Gasteiger charge is -2.23. The maximum Gasteiger partial charge on any atom is 0.223 e. The van der Waals surface area contributed by atoms with Gasteiger partial charge in [-0.25, -0.2) is 0 Å². The van der Waals surface area contributed by atoms with E-state index in [2.05, 4.69) is 6.07 Å². The SMILES string of the molecule is CC(C)(CC(=O)N1CC[C@H](C#N)C1)C(N)=O. The largest absolute Gasteiger partial charge is 0.369 e. The van der Waals surface area contributed by atoms with Gasteiger partial charge in [-0.05, 0) is 6.42 Å². The third-order valence-electron chi connectivity index (χ3n) is 2.98. The first kappa shape index (κ1) is 12.5. The van der Waals surface area contributed by atoms with E-state index in [0.29, 0.717) is 13.1 Å². The number of nitrogens with two attached hydrogens (primary N) is 1. The molecule has 0 aliphatic carbocycles. The predicted molar refractivity (Wildman–Crippen MR) is 57.9 cm³/mol. The minimum atomic E-state index is -0.818. The topological polar surface area (TPSA) is 87.2 Å². The summed E-state index contributed by atoms with van der Waals surface area (Å²) < 4.78 is 0. The van der Waals surface area contributed by atoms with Crippen molar-refractivity contribution in [2.45, 2.75) is 26.7 Å². The highest BCUT2D eigenvalue weighted by atomic mass is 16.2. The summed E-state index contributed by atoms with van der Waals surface area (Å²) in [7, 11) is 0. The van der Waals surface area contributed by atoms with Crippen LogP contribution in [-0.2, 0) is 9.59 Å². The fraction of sp³-hybridized carbons (Fsp3) is 0.727. The number of primary amides is 1. The zero-order chi connectivity index (χ0) is 12.3. The quantitative estimate of drug-likeness (QED) is 0.744. The molecule has 1 aliphatic rings. The molecule has 0 saturated carbocycles. The number of carbonyl (C=O) groups is 2. The Hall–Kier alpha value is -1.57. The Labute approximate surface area is 95.2 Å². The van der Waals surface area contributed by atoms with Crippen LogP contribution in [0.15, 0.2) is 0 Å². The molecular formula is C11H17N3O2. The van der Waals surface area contributed by atoms with Crippen molar-refractivity contribution in [3.8, 4) is 6.07 Å². The van der Waals surface area contributed by atoms with Crippen molar-refractivity contribution in [1.82, 2.24) is 4.90 Å². The van der Waals surface area contributed by atoms with Gasteiger partial charge in [0, 0.05) is 19.5 Å². The van der Waals surface area contributed by atoms with Crippen LogP contribution in [0.5, 0.6) is 0 Å². The molecule has 1 saturated heterocycles. The molecule has 1 atom stereocenters. The standard InChI is InChI=1S/C11H17N3O2/c1-11(2,10(13)16)5-9(15)14-4-3-8(6-12)7-14/h8H,3-5,7H2,1-2H3,(H2,13,16)/t8-/m1/s1. The van der Waals surface area contributed by atoms with Crippen LogP contribution in [0, 0.1) is 22.7 Å². The van der Waals surface area contributed by atoms with Crippen LogP contribution in [0.3, 0.4) is 0 Å². The Bertz CT molecular complexity index is 344. The maximum absolute atomic E-state index is 11.8. The van der Waals surface area contributed by atoms with E-state index < -0.39 is 11.3 Å². The molecule has 2 amide bonds. The van der Waals surface area contributed by atoms with E-state index >= 15 is 0 Å². The first-order valence-corrected chi connectivity index (χ1v) is 5.34. The van der Waals surface area contributed by atoms with E-state index in [1.807, 2.05) is 0 Å². The molecule has 0 spiro atoms. The first-order chi connectivity index (χ1) is 7.36. The van der Waals surface area contributed by atoms with Gasteiger partial charge in [0.1, 0.15) is 0 Å². The fourth-order valence-corrected chi connectivity index (χ4v) is 1.67. The Kier molecular flexibility index (Phi) is 3.53. The first-order valence-electron chi connectivity index (χ1n) is 5.34. The highest BCUT2D eigenvalue weighted by Crippen LogP contribution is 2.23. The van der Waals surface area contributed by atoms with Gasteiger partial charge in [-0.3, -0.25) is 9.59 Å². The molecule has 0 aromatic rings. The molecule has 0 bridgehead atoms. The van der Waals surface area contributed by atoms with Gasteiger partial charge < -0.3 is 10.6 Å². The van der Waals surface area contributed by atoms with Gasteiger partial charge in [0.25, 0.3) is 0 Å². The number of likely N-dealkylation sites (tertiary alicyclic amines) is 1. The summed E-state index contributed by atoms with van der Waals surface area (Å²) in [5.41, 5.74) is 4.39. The van der Waals surface area contributed by atoms with Crippen LogP contribution in [0.25, 0.3) is 0 Å². The van der Waals surface area contributed by atoms with Crippen molar-refractivity contribution < 1.29 is 9.59 Å². The van der Waals surface area contributed by atoms with Crippen molar-refractivity contribution >= 4 is 11.8 Å². The summed E-state index contributed by atoms with van der Waals surface area (Å²) in [5.74, 6) is -0.640. The van der Waals surface area contributed by atoms with Gasteiger partial charge in [-0.2, -0.15) is 5.26 Å². The highest BCUT2D eigenvalue weighted by molar-refractivity contribution is 5.87. The Balaban J connectivity index is 2.55. The summed E-state index contributed by atoms with van der Waals surface area (Å²) in [6.07, 6.45) is 0.833. The van der Waals surface area contributed by atoms with Crippen molar-refractivity contribution in [3.63, 3.8) is 0 Å². The molecule has 1 heterocycles. The van der Waals surface area contributed by atoms with Gasteiger partial charge >= 0.3 is 0 Å². The molecule has 16 heavy (non-hydrogen) atoms. The molecule has 1 fully saturated rings. The van der Waals surface area contributed by atoms with E-state index in [9.17, 15) is 9.59 Å². The lowest BCUT2D eigenvalue weighted by atomic mass is 9.88. The maximum atomic E-state index is 11.8. The summed E-state index contributed by atoms with van der Waals surface area (Å²) in [6.45, 7) is 4.40. The minimum Gasteiger partial charge on any atom is -0.369 e. The van der Waals surface area contributed by atoms with Crippen molar-refractivity contribution in [2.75, 3.05) is 13.1 Å². The monoisotopic (exact) mass is 223 g/mol. The average Bonchev–Trinajstić information content (AvgIpc) is 2.64. The van der Waals surface area contributed by atoms with Gasteiger partial charge in [-0.1, -0.05) is 13.8 Å². The number of carbonyl (C=O) groups excluding carboxylic acids is 2. The summed E-state index contributed by atoms with van der Waals surface area (Å²) >= 11 is 0. The summed E-state index contributed by atoms with van der Waals surface area (Å²) in [5, 5.41) is 8.72. The molecule has 1 aliphatic heterocycles. The molecule has 2 N–H and O–H groups in total. The highest BCUT2D eigenvalue weighted by Gasteiger charge is 2.33. The number of hydrogen-bond donors (Lipinski definition) is 1. The Morgan fingerprint density at radius 3 is 2.62 bits per heavy atom. The molecule has 1 rings (SSSR count). The second-order valence-corrected chi connectivity index (χ2v) is 4.88. The predicted octanol–water partition coefficient (Wildman–Crippen LogP) is 0.260. The van der Waals surface area contributed by atoms with Crippen LogP contribution < -0.4 is 5.73 Å². The third-order valence-corrected chi connectivity index (χ3v) is 2.98. The minimum absolute atomic E-state index is 0.0689. The summed E-state index contributed by atoms with van der Waals surface area (Å²) in [6, 6.07) is 2.15. The number of nitriles is 1. The van der Waals surface area contributed by atoms with Crippen LogP contribution in [-0.4, -0.2) is 29.8 Å². The molecular weight excluding hydrogens is 206 g/mol. The number of amides is 2.